The number of hydrogen-bond donors (Lipinski definition) is 1. The first-order chi connectivity index (χ1) is 10.9. The van der Waals surface area contributed by atoms with Gasteiger partial charge in [0.2, 0.25) is 10.0 Å². The molecule has 0 radical (unpaired) electrons. The second-order valence-corrected chi connectivity index (χ2v) is 8.79. The van der Waals surface area contributed by atoms with E-state index in [2.05, 4.69) is 18.6 Å². The van der Waals surface area contributed by atoms with Crippen LogP contribution < -0.4 is 4.72 Å². The third-order valence-corrected chi connectivity index (χ3v) is 5.94. The predicted molar refractivity (Wildman–Crippen MR) is 93.8 cm³/mol. The summed E-state index contributed by atoms with van der Waals surface area (Å²) < 4.78 is 33.5. The predicted octanol–water partition coefficient (Wildman–Crippen LogP) is 3.43. The van der Waals surface area contributed by atoms with Gasteiger partial charge in [0.05, 0.1) is 5.75 Å². The third-order valence-electron chi connectivity index (χ3n) is 4.39. The molecule has 1 saturated heterocycles. The smallest absolute Gasteiger partial charge is 0.212 e. The number of hydrogen-bond acceptors (Lipinski definition) is 3. The number of rotatable bonds is 7. The van der Waals surface area contributed by atoms with Crippen molar-refractivity contribution >= 4 is 10.0 Å². The van der Waals surface area contributed by atoms with E-state index in [1.54, 1.807) is 0 Å². The summed E-state index contributed by atoms with van der Waals surface area (Å²) in [6.45, 7) is 7.63. The number of ether oxygens (including phenoxy) is 1. The van der Waals surface area contributed by atoms with Gasteiger partial charge in [-0.3, -0.25) is 0 Å². The fourth-order valence-electron chi connectivity index (χ4n) is 3.18. The monoisotopic (exact) mass is 339 g/mol. The van der Waals surface area contributed by atoms with Crippen LogP contribution in [0.3, 0.4) is 0 Å². The standard InChI is InChI=1S/C18H29NO3S/c1-14(2)12-18(17-7-5-4-6-15(17)3)19-23(20,21)13-16-8-10-22-11-9-16/h4-7,14,16,18-19H,8-13H2,1-3H3/t18-/m1/s1. The molecule has 23 heavy (non-hydrogen) atoms. The van der Waals surface area contributed by atoms with Crippen LogP contribution in [0.5, 0.6) is 0 Å². The first kappa shape index (κ1) is 18.4. The topological polar surface area (TPSA) is 55.4 Å². The van der Waals surface area contributed by atoms with E-state index in [1.807, 2.05) is 31.2 Å². The van der Waals surface area contributed by atoms with E-state index in [4.69, 9.17) is 4.74 Å². The van der Waals surface area contributed by atoms with E-state index >= 15 is 0 Å². The Kier molecular flexibility index (Phi) is 6.62. The van der Waals surface area contributed by atoms with Gasteiger partial charge in [0, 0.05) is 19.3 Å². The minimum Gasteiger partial charge on any atom is -0.381 e. The molecule has 1 aromatic rings. The molecule has 0 aliphatic carbocycles. The van der Waals surface area contributed by atoms with Gasteiger partial charge in [0.15, 0.2) is 0 Å². The highest BCUT2D eigenvalue weighted by Crippen LogP contribution is 2.26. The Bertz CT molecular complexity index is 592. The number of benzene rings is 1. The minimum absolute atomic E-state index is 0.152. The molecule has 0 unspecified atom stereocenters. The van der Waals surface area contributed by atoms with E-state index in [-0.39, 0.29) is 17.7 Å². The van der Waals surface area contributed by atoms with E-state index < -0.39 is 10.0 Å². The molecule has 1 fully saturated rings. The Balaban J connectivity index is 2.11. The van der Waals surface area contributed by atoms with Gasteiger partial charge in [0.25, 0.3) is 0 Å². The van der Waals surface area contributed by atoms with Gasteiger partial charge in [-0.2, -0.15) is 0 Å². The Morgan fingerprint density at radius 3 is 2.48 bits per heavy atom. The molecule has 0 amide bonds. The molecule has 1 aromatic carbocycles. The van der Waals surface area contributed by atoms with Crippen molar-refractivity contribution in [2.24, 2.45) is 11.8 Å². The summed E-state index contributed by atoms with van der Waals surface area (Å²) in [5.41, 5.74) is 2.21. The fourth-order valence-corrected chi connectivity index (χ4v) is 4.88. The van der Waals surface area contributed by atoms with Crippen molar-refractivity contribution in [3.05, 3.63) is 35.4 Å². The summed E-state index contributed by atoms with van der Waals surface area (Å²) in [5, 5.41) is 0. The zero-order valence-corrected chi connectivity index (χ0v) is 15.2. The molecule has 2 rings (SSSR count). The van der Waals surface area contributed by atoms with Gasteiger partial charge < -0.3 is 4.74 Å². The fraction of sp³-hybridized carbons (Fsp3) is 0.667. The van der Waals surface area contributed by atoms with Crippen molar-refractivity contribution in [2.75, 3.05) is 19.0 Å². The average molecular weight is 340 g/mol. The molecule has 0 bridgehead atoms. The van der Waals surface area contributed by atoms with Crippen LogP contribution in [-0.4, -0.2) is 27.4 Å². The third kappa shape index (κ3) is 5.90. The van der Waals surface area contributed by atoms with Gasteiger partial charge in [-0.25, -0.2) is 13.1 Å². The summed E-state index contributed by atoms with van der Waals surface area (Å²) in [4.78, 5) is 0. The van der Waals surface area contributed by atoms with E-state index in [9.17, 15) is 8.42 Å². The quantitative estimate of drug-likeness (QED) is 0.828. The number of sulfonamides is 1. The van der Waals surface area contributed by atoms with Gasteiger partial charge in [-0.15, -0.1) is 0 Å². The summed E-state index contributed by atoms with van der Waals surface area (Å²) >= 11 is 0. The van der Waals surface area contributed by atoms with Gasteiger partial charge >= 0.3 is 0 Å². The van der Waals surface area contributed by atoms with Crippen molar-refractivity contribution in [2.45, 2.75) is 46.1 Å². The van der Waals surface area contributed by atoms with Crippen LogP contribution in [0.15, 0.2) is 24.3 Å². The van der Waals surface area contributed by atoms with Crippen LogP contribution in [0.2, 0.25) is 0 Å². The SMILES string of the molecule is Cc1ccccc1[C@@H](CC(C)C)NS(=O)(=O)CC1CCOCC1. The molecule has 0 saturated carbocycles. The maximum atomic E-state index is 12.6. The zero-order chi connectivity index (χ0) is 16.9. The Morgan fingerprint density at radius 2 is 1.87 bits per heavy atom. The van der Waals surface area contributed by atoms with Crippen molar-refractivity contribution in [1.82, 2.24) is 4.72 Å². The number of aryl methyl sites for hydroxylation is 1. The number of nitrogens with one attached hydrogen (secondary N) is 1. The lowest BCUT2D eigenvalue weighted by Gasteiger charge is -2.26. The molecule has 5 heteroatoms. The zero-order valence-electron chi connectivity index (χ0n) is 14.4. The van der Waals surface area contributed by atoms with Crippen molar-refractivity contribution < 1.29 is 13.2 Å². The normalized spacial score (nSPS) is 18.3. The van der Waals surface area contributed by atoms with Crippen LogP contribution in [-0.2, 0) is 14.8 Å². The largest absolute Gasteiger partial charge is 0.381 e. The van der Waals surface area contributed by atoms with Crippen LogP contribution in [0.1, 0.15) is 50.3 Å². The molecule has 1 atom stereocenters. The average Bonchev–Trinajstić information content (AvgIpc) is 2.46. The molecule has 0 aromatic heterocycles. The Hall–Kier alpha value is -0.910. The summed E-state index contributed by atoms with van der Waals surface area (Å²) in [7, 11) is -3.30. The van der Waals surface area contributed by atoms with Gasteiger partial charge in [-0.1, -0.05) is 38.1 Å². The van der Waals surface area contributed by atoms with Crippen LogP contribution in [0.4, 0.5) is 0 Å². The van der Waals surface area contributed by atoms with Crippen molar-refractivity contribution in [3.8, 4) is 0 Å². The van der Waals surface area contributed by atoms with Crippen LogP contribution >= 0.6 is 0 Å². The van der Waals surface area contributed by atoms with E-state index in [0.717, 1.165) is 30.4 Å². The summed E-state index contributed by atoms with van der Waals surface area (Å²) in [5.74, 6) is 0.833. The Labute approximate surface area is 140 Å². The lowest BCUT2D eigenvalue weighted by Crippen LogP contribution is -2.35. The first-order valence-electron chi connectivity index (χ1n) is 8.50. The molecule has 4 nitrogen and oxygen atoms in total. The molecule has 1 aliphatic heterocycles. The van der Waals surface area contributed by atoms with Crippen molar-refractivity contribution in [3.63, 3.8) is 0 Å². The maximum Gasteiger partial charge on any atom is 0.212 e. The highest BCUT2D eigenvalue weighted by atomic mass is 32.2. The Morgan fingerprint density at radius 1 is 1.22 bits per heavy atom. The molecular weight excluding hydrogens is 310 g/mol. The lowest BCUT2D eigenvalue weighted by molar-refractivity contribution is 0.0722. The highest BCUT2D eigenvalue weighted by molar-refractivity contribution is 7.89. The second kappa shape index (κ2) is 8.27. The van der Waals surface area contributed by atoms with Crippen LogP contribution in [0.25, 0.3) is 0 Å². The second-order valence-electron chi connectivity index (χ2n) is 6.99. The van der Waals surface area contributed by atoms with Gasteiger partial charge in [-0.05, 0) is 49.1 Å². The van der Waals surface area contributed by atoms with Crippen molar-refractivity contribution in [1.29, 1.82) is 0 Å². The molecule has 1 aliphatic rings. The van der Waals surface area contributed by atoms with Gasteiger partial charge in [0.1, 0.15) is 0 Å². The van der Waals surface area contributed by atoms with E-state index in [0.29, 0.717) is 19.1 Å². The van der Waals surface area contributed by atoms with E-state index in [1.165, 1.54) is 0 Å². The minimum atomic E-state index is -3.30. The highest BCUT2D eigenvalue weighted by Gasteiger charge is 2.26. The molecule has 1 heterocycles. The molecule has 1 N–H and O–H groups in total. The lowest BCUT2D eigenvalue weighted by atomic mass is 9.95. The first-order valence-corrected chi connectivity index (χ1v) is 10.2. The summed E-state index contributed by atoms with van der Waals surface area (Å²) in [6.07, 6.45) is 2.47. The molecule has 0 spiro atoms. The maximum absolute atomic E-state index is 12.6. The summed E-state index contributed by atoms with van der Waals surface area (Å²) in [6, 6.07) is 7.87. The molecule has 130 valence electrons. The van der Waals surface area contributed by atoms with Crippen LogP contribution in [0, 0.1) is 18.8 Å². The molecular formula is C18H29NO3S.